The van der Waals surface area contributed by atoms with Crippen molar-refractivity contribution in [1.29, 1.82) is 0 Å². The van der Waals surface area contributed by atoms with Crippen LogP contribution in [0.15, 0.2) is 24.3 Å². The van der Waals surface area contributed by atoms with Crippen LogP contribution in [0, 0.1) is 5.82 Å². The van der Waals surface area contributed by atoms with Crippen molar-refractivity contribution in [2.45, 2.75) is 44.8 Å². The van der Waals surface area contributed by atoms with Crippen LogP contribution in [0.25, 0.3) is 0 Å². The summed E-state index contributed by atoms with van der Waals surface area (Å²) in [5.74, 6) is 1.69. The number of piperidine rings is 1. The van der Waals surface area contributed by atoms with E-state index in [1.165, 1.54) is 12.1 Å². The normalized spacial score (nSPS) is 20.8. The molecule has 1 saturated heterocycles. The van der Waals surface area contributed by atoms with E-state index in [4.69, 9.17) is 0 Å². The Hall–Kier alpha value is -2.28. The van der Waals surface area contributed by atoms with E-state index in [-0.39, 0.29) is 17.8 Å². The van der Waals surface area contributed by atoms with Gasteiger partial charge in [-0.15, -0.1) is 10.2 Å². The number of benzene rings is 1. The molecule has 0 spiro atoms. The number of carbonyl (C=O) groups excluding carboxylic acids is 1. The molecule has 1 amide bonds. The fourth-order valence-electron chi connectivity index (χ4n) is 3.92. The maximum absolute atomic E-state index is 13.1. The van der Waals surface area contributed by atoms with E-state index < -0.39 is 0 Å². The second-order valence-corrected chi connectivity index (χ2v) is 7.27. The molecule has 0 aliphatic carbocycles. The number of likely N-dealkylation sites (tertiary alicyclic amines) is 1. The zero-order chi connectivity index (χ0) is 18.1. The van der Waals surface area contributed by atoms with Gasteiger partial charge in [0.1, 0.15) is 11.6 Å². The van der Waals surface area contributed by atoms with Gasteiger partial charge >= 0.3 is 0 Å². The minimum Gasteiger partial charge on any atom is -0.332 e. The highest BCUT2D eigenvalue weighted by Crippen LogP contribution is 2.31. The van der Waals surface area contributed by atoms with E-state index in [1.54, 1.807) is 12.1 Å². The summed E-state index contributed by atoms with van der Waals surface area (Å²) in [4.78, 5) is 17.1. The second-order valence-electron chi connectivity index (χ2n) is 7.27. The molecule has 0 saturated carbocycles. The minimum absolute atomic E-state index is 0.0126. The quantitative estimate of drug-likeness (QED) is 0.845. The molecule has 2 aliphatic rings. The summed E-state index contributed by atoms with van der Waals surface area (Å²) in [6.07, 6.45) is 3.31. The Balaban J connectivity index is 1.55. The first-order chi connectivity index (χ1) is 12.6. The molecule has 3 heterocycles. The van der Waals surface area contributed by atoms with E-state index >= 15 is 0 Å². The molecule has 7 heteroatoms. The second kappa shape index (κ2) is 7.15. The molecule has 0 radical (unpaired) electrons. The standard InChI is InChI=1S/C19H24FN5O/c1-23-10-11-25-17(13-23)21-22-19(25)16-4-2-3-9-24(16)18(26)12-14-5-7-15(20)8-6-14/h5-8,16H,2-4,9-13H2,1H3. The number of aromatic nitrogens is 3. The number of rotatable bonds is 3. The van der Waals surface area contributed by atoms with Crippen LogP contribution in [0.3, 0.4) is 0 Å². The van der Waals surface area contributed by atoms with Gasteiger partial charge in [-0.2, -0.15) is 0 Å². The Kier molecular flexibility index (Phi) is 4.72. The van der Waals surface area contributed by atoms with Crippen LogP contribution in [-0.4, -0.2) is 50.6 Å². The van der Waals surface area contributed by atoms with Crippen molar-refractivity contribution in [3.63, 3.8) is 0 Å². The molecule has 2 aliphatic heterocycles. The zero-order valence-electron chi connectivity index (χ0n) is 15.1. The van der Waals surface area contributed by atoms with Gasteiger partial charge in [0.05, 0.1) is 19.0 Å². The lowest BCUT2D eigenvalue weighted by Crippen LogP contribution is -2.41. The molecule has 26 heavy (non-hydrogen) atoms. The Morgan fingerprint density at radius 3 is 2.77 bits per heavy atom. The van der Waals surface area contributed by atoms with Crippen molar-refractivity contribution in [1.82, 2.24) is 24.6 Å². The smallest absolute Gasteiger partial charge is 0.227 e. The average Bonchev–Trinajstić information content (AvgIpc) is 3.06. The summed E-state index contributed by atoms with van der Waals surface area (Å²) in [5.41, 5.74) is 0.839. The van der Waals surface area contributed by atoms with Crippen LogP contribution in [0.1, 0.15) is 42.5 Å². The van der Waals surface area contributed by atoms with Crippen LogP contribution in [-0.2, 0) is 24.3 Å². The Morgan fingerprint density at radius 2 is 1.96 bits per heavy atom. The number of hydrogen-bond donors (Lipinski definition) is 0. The molecule has 0 bridgehead atoms. The van der Waals surface area contributed by atoms with Gasteiger partial charge in [-0.05, 0) is 44.0 Å². The summed E-state index contributed by atoms with van der Waals surface area (Å²) >= 11 is 0. The largest absolute Gasteiger partial charge is 0.332 e. The Bertz CT molecular complexity index is 788. The highest BCUT2D eigenvalue weighted by molar-refractivity contribution is 5.79. The lowest BCUT2D eigenvalue weighted by molar-refractivity contribution is -0.134. The maximum atomic E-state index is 13.1. The zero-order valence-corrected chi connectivity index (χ0v) is 15.1. The molecule has 0 N–H and O–H groups in total. The van der Waals surface area contributed by atoms with Crippen molar-refractivity contribution >= 4 is 5.91 Å². The summed E-state index contributed by atoms with van der Waals surface area (Å²) in [5, 5.41) is 8.81. The van der Waals surface area contributed by atoms with Gasteiger partial charge < -0.3 is 9.47 Å². The molecule has 4 rings (SSSR count). The minimum atomic E-state index is -0.280. The van der Waals surface area contributed by atoms with Gasteiger partial charge in [-0.1, -0.05) is 12.1 Å². The highest BCUT2D eigenvalue weighted by Gasteiger charge is 2.33. The van der Waals surface area contributed by atoms with Gasteiger partial charge in [0.15, 0.2) is 5.82 Å². The van der Waals surface area contributed by atoms with Crippen molar-refractivity contribution in [3.05, 3.63) is 47.3 Å². The van der Waals surface area contributed by atoms with Crippen molar-refractivity contribution < 1.29 is 9.18 Å². The van der Waals surface area contributed by atoms with Crippen molar-refractivity contribution in [3.8, 4) is 0 Å². The number of halogens is 1. The summed E-state index contributed by atoms with van der Waals surface area (Å²) in [6.45, 7) is 3.37. The lowest BCUT2D eigenvalue weighted by atomic mass is 9.99. The third-order valence-electron chi connectivity index (χ3n) is 5.36. The molecular weight excluding hydrogens is 333 g/mol. The van der Waals surface area contributed by atoms with E-state index in [9.17, 15) is 9.18 Å². The van der Waals surface area contributed by atoms with E-state index in [1.807, 2.05) is 4.90 Å². The summed E-state index contributed by atoms with van der Waals surface area (Å²) < 4.78 is 15.3. The van der Waals surface area contributed by atoms with Crippen molar-refractivity contribution in [2.75, 3.05) is 20.1 Å². The molecule has 1 aromatic carbocycles. The topological polar surface area (TPSA) is 54.3 Å². The first kappa shape index (κ1) is 17.1. The Labute approximate surface area is 152 Å². The van der Waals surface area contributed by atoms with E-state index in [0.29, 0.717) is 6.42 Å². The molecule has 2 aromatic rings. The van der Waals surface area contributed by atoms with Gasteiger partial charge in [0.2, 0.25) is 5.91 Å². The van der Waals surface area contributed by atoms with Gasteiger partial charge in [0, 0.05) is 19.6 Å². The maximum Gasteiger partial charge on any atom is 0.227 e. The Morgan fingerprint density at radius 1 is 1.15 bits per heavy atom. The average molecular weight is 357 g/mol. The number of fused-ring (bicyclic) bond motifs is 1. The number of amides is 1. The van der Waals surface area contributed by atoms with Crippen LogP contribution in [0.2, 0.25) is 0 Å². The fraction of sp³-hybridized carbons (Fsp3) is 0.526. The monoisotopic (exact) mass is 357 g/mol. The van der Waals surface area contributed by atoms with Crippen LogP contribution < -0.4 is 0 Å². The molecular formula is C19H24FN5O. The SMILES string of the molecule is CN1CCn2c(nnc2C2CCCCN2C(=O)Cc2ccc(F)cc2)C1. The summed E-state index contributed by atoms with van der Waals surface area (Å²) in [7, 11) is 2.08. The van der Waals surface area contributed by atoms with Gasteiger partial charge in [-0.3, -0.25) is 9.69 Å². The lowest BCUT2D eigenvalue weighted by Gasteiger charge is -2.36. The van der Waals surface area contributed by atoms with Crippen molar-refractivity contribution in [2.24, 2.45) is 0 Å². The molecule has 6 nitrogen and oxygen atoms in total. The number of nitrogens with zero attached hydrogens (tertiary/aromatic N) is 5. The molecule has 1 unspecified atom stereocenters. The third kappa shape index (κ3) is 3.35. The van der Waals surface area contributed by atoms with Crippen LogP contribution in [0.5, 0.6) is 0 Å². The molecule has 1 fully saturated rings. The predicted octanol–water partition coefficient (Wildman–Crippen LogP) is 2.16. The highest BCUT2D eigenvalue weighted by atomic mass is 19.1. The molecule has 1 atom stereocenters. The van der Waals surface area contributed by atoms with Gasteiger partial charge in [-0.25, -0.2) is 4.39 Å². The first-order valence-electron chi connectivity index (χ1n) is 9.26. The van der Waals surface area contributed by atoms with Crippen LogP contribution in [0.4, 0.5) is 4.39 Å². The fourth-order valence-corrected chi connectivity index (χ4v) is 3.92. The predicted molar refractivity (Wildman–Crippen MR) is 94.8 cm³/mol. The molecule has 138 valence electrons. The van der Waals surface area contributed by atoms with E-state index in [0.717, 1.165) is 62.7 Å². The van der Waals surface area contributed by atoms with Crippen LogP contribution >= 0.6 is 0 Å². The molecule has 1 aromatic heterocycles. The number of likely N-dealkylation sites (N-methyl/N-ethyl adjacent to an activating group) is 1. The van der Waals surface area contributed by atoms with E-state index in [2.05, 4.69) is 26.7 Å². The first-order valence-corrected chi connectivity index (χ1v) is 9.26. The van der Waals surface area contributed by atoms with Gasteiger partial charge in [0.25, 0.3) is 0 Å². The number of carbonyl (C=O) groups is 1. The third-order valence-corrected chi connectivity index (χ3v) is 5.36. The number of hydrogen-bond acceptors (Lipinski definition) is 4. The summed E-state index contributed by atoms with van der Waals surface area (Å²) in [6, 6.07) is 6.16.